The van der Waals surface area contributed by atoms with Crippen LogP contribution in [0.4, 0.5) is 4.39 Å². The van der Waals surface area contributed by atoms with Crippen molar-refractivity contribution in [3.05, 3.63) is 35.1 Å². The molecule has 3 nitrogen and oxygen atoms in total. The van der Waals surface area contributed by atoms with Gasteiger partial charge in [0.15, 0.2) is 0 Å². The first-order chi connectivity index (χ1) is 7.04. The summed E-state index contributed by atoms with van der Waals surface area (Å²) in [5, 5.41) is -0.530. The van der Waals surface area contributed by atoms with E-state index in [2.05, 4.69) is 4.72 Å². The van der Waals surface area contributed by atoms with Gasteiger partial charge in [-0.3, -0.25) is 0 Å². The molecule has 1 aliphatic carbocycles. The first kappa shape index (κ1) is 10.6. The smallest absolute Gasteiger partial charge is 0.218 e. The molecule has 82 valence electrons. The zero-order valence-electron chi connectivity index (χ0n) is 8.33. The predicted octanol–water partition coefficient (Wildman–Crippen LogP) is 1.36. The van der Waals surface area contributed by atoms with E-state index in [4.69, 9.17) is 0 Å². The van der Waals surface area contributed by atoms with E-state index in [1.165, 1.54) is 19.2 Å². The highest BCUT2D eigenvalue weighted by molar-refractivity contribution is 7.89. The fraction of sp³-hybridized carbons (Fsp3) is 0.400. The minimum atomic E-state index is -3.30. The second kappa shape index (κ2) is 3.57. The molecule has 2 rings (SSSR count). The van der Waals surface area contributed by atoms with E-state index in [9.17, 15) is 12.8 Å². The van der Waals surface area contributed by atoms with Gasteiger partial charge in [-0.25, -0.2) is 17.5 Å². The predicted molar refractivity (Wildman–Crippen MR) is 55.4 cm³/mol. The Balaban J connectivity index is 2.46. The maximum absolute atomic E-state index is 12.9. The molecule has 5 heteroatoms. The Labute approximate surface area is 88.4 Å². The lowest BCUT2D eigenvalue weighted by Gasteiger charge is -2.11. The quantitative estimate of drug-likeness (QED) is 0.832. The number of nitrogens with one attached hydrogen (secondary N) is 1. The Morgan fingerprint density at radius 2 is 2.20 bits per heavy atom. The van der Waals surface area contributed by atoms with Crippen LogP contribution in [0.15, 0.2) is 18.2 Å². The number of hydrogen-bond donors (Lipinski definition) is 1. The topological polar surface area (TPSA) is 46.2 Å². The van der Waals surface area contributed by atoms with Crippen molar-refractivity contribution < 1.29 is 12.8 Å². The molecule has 0 aliphatic heterocycles. The van der Waals surface area contributed by atoms with Crippen LogP contribution in [0.3, 0.4) is 0 Å². The molecular formula is C10H12FNO2S. The van der Waals surface area contributed by atoms with E-state index in [-0.39, 0.29) is 5.82 Å². The third-order valence-electron chi connectivity index (χ3n) is 2.79. The van der Waals surface area contributed by atoms with Crippen LogP contribution < -0.4 is 4.72 Å². The van der Waals surface area contributed by atoms with Crippen molar-refractivity contribution in [3.63, 3.8) is 0 Å². The highest BCUT2D eigenvalue weighted by Crippen LogP contribution is 2.36. The summed E-state index contributed by atoms with van der Waals surface area (Å²) in [5.74, 6) is -0.309. The zero-order chi connectivity index (χ0) is 11.1. The highest BCUT2D eigenvalue weighted by Gasteiger charge is 2.32. The number of rotatable bonds is 2. The van der Waals surface area contributed by atoms with E-state index in [1.807, 2.05) is 0 Å². The van der Waals surface area contributed by atoms with Gasteiger partial charge in [0.2, 0.25) is 10.0 Å². The molecule has 15 heavy (non-hydrogen) atoms. The lowest BCUT2D eigenvalue weighted by molar-refractivity contribution is 0.572. The molecule has 0 radical (unpaired) electrons. The number of halogens is 1. The lowest BCUT2D eigenvalue weighted by atomic mass is 10.1. The molecule has 1 N–H and O–H groups in total. The van der Waals surface area contributed by atoms with Gasteiger partial charge in [0.1, 0.15) is 11.1 Å². The van der Waals surface area contributed by atoms with Crippen molar-refractivity contribution >= 4 is 10.0 Å². The summed E-state index contributed by atoms with van der Waals surface area (Å²) in [6, 6.07) is 4.29. The summed E-state index contributed by atoms with van der Waals surface area (Å²) in [6.07, 6.45) is 1.15. The molecule has 0 saturated carbocycles. The van der Waals surface area contributed by atoms with Gasteiger partial charge >= 0.3 is 0 Å². The summed E-state index contributed by atoms with van der Waals surface area (Å²) in [5.41, 5.74) is 1.53. The first-order valence-corrected chi connectivity index (χ1v) is 6.30. The SMILES string of the molecule is CNS(=O)(=O)C1CCc2cc(F)ccc21. The molecule has 1 aliphatic rings. The molecular weight excluding hydrogens is 217 g/mol. The van der Waals surface area contributed by atoms with Crippen molar-refractivity contribution in [1.29, 1.82) is 0 Å². The number of hydrogen-bond acceptors (Lipinski definition) is 2. The zero-order valence-corrected chi connectivity index (χ0v) is 9.14. The Hall–Kier alpha value is -0.940. The molecule has 1 unspecified atom stereocenters. The summed E-state index contributed by atoms with van der Waals surface area (Å²) < 4.78 is 38.5. The van der Waals surface area contributed by atoms with Gasteiger partial charge in [-0.15, -0.1) is 0 Å². The van der Waals surface area contributed by atoms with Gasteiger partial charge in [-0.05, 0) is 43.1 Å². The fourth-order valence-electron chi connectivity index (χ4n) is 2.01. The van der Waals surface area contributed by atoms with Crippen LogP contribution in [0.1, 0.15) is 22.8 Å². The van der Waals surface area contributed by atoms with E-state index in [0.717, 1.165) is 11.1 Å². The van der Waals surface area contributed by atoms with Crippen LogP contribution in [0, 0.1) is 5.82 Å². The number of aryl methyl sites for hydroxylation is 1. The molecule has 1 atom stereocenters. The molecule has 0 heterocycles. The van der Waals surface area contributed by atoms with Gasteiger partial charge in [-0.1, -0.05) is 6.07 Å². The molecule has 0 aromatic heterocycles. The average Bonchev–Trinajstić information content (AvgIpc) is 2.61. The van der Waals surface area contributed by atoms with Crippen molar-refractivity contribution in [3.8, 4) is 0 Å². The largest absolute Gasteiger partial charge is 0.218 e. The van der Waals surface area contributed by atoms with Crippen LogP contribution >= 0.6 is 0 Å². The van der Waals surface area contributed by atoms with Gasteiger partial charge in [0.25, 0.3) is 0 Å². The van der Waals surface area contributed by atoms with Gasteiger partial charge in [-0.2, -0.15) is 0 Å². The lowest BCUT2D eigenvalue weighted by Crippen LogP contribution is -2.24. The number of fused-ring (bicyclic) bond motifs is 1. The monoisotopic (exact) mass is 229 g/mol. The van der Waals surface area contributed by atoms with E-state index in [1.54, 1.807) is 6.07 Å². The molecule has 0 bridgehead atoms. The number of sulfonamides is 1. The van der Waals surface area contributed by atoms with Gasteiger partial charge < -0.3 is 0 Å². The summed E-state index contributed by atoms with van der Waals surface area (Å²) in [6.45, 7) is 0. The summed E-state index contributed by atoms with van der Waals surface area (Å²) >= 11 is 0. The van der Waals surface area contributed by atoms with Crippen molar-refractivity contribution in [2.24, 2.45) is 0 Å². The fourth-order valence-corrected chi connectivity index (χ4v) is 3.29. The third-order valence-corrected chi connectivity index (χ3v) is 4.59. The molecule has 0 amide bonds. The molecule has 0 fully saturated rings. The third kappa shape index (κ3) is 1.77. The van der Waals surface area contributed by atoms with Gasteiger partial charge in [0, 0.05) is 0 Å². The molecule has 1 aromatic rings. The Kier molecular flexibility index (Phi) is 2.52. The van der Waals surface area contributed by atoms with E-state index in [0.29, 0.717) is 12.8 Å². The number of benzene rings is 1. The Bertz CT molecular complexity index is 484. The van der Waals surface area contributed by atoms with Crippen LogP contribution in [0.25, 0.3) is 0 Å². The Morgan fingerprint density at radius 3 is 2.87 bits per heavy atom. The van der Waals surface area contributed by atoms with Crippen LogP contribution in [-0.2, 0) is 16.4 Å². The van der Waals surface area contributed by atoms with Crippen LogP contribution in [0.5, 0.6) is 0 Å². The van der Waals surface area contributed by atoms with Gasteiger partial charge in [0.05, 0.1) is 0 Å². The highest BCUT2D eigenvalue weighted by atomic mass is 32.2. The maximum Gasteiger partial charge on any atom is 0.218 e. The summed E-state index contributed by atoms with van der Waals surface area (Å²) in [4.78, 5) is 0. The minimum absolute atomic E-state index is 0.309. The molecule has 0 saturated heterocycles. The minimum Gasteiger partial charge on any atom is -0.218 e. The summed E-state index contributed by atoms with van der Waals surface area (Å²) in [7, 11) is -1.90. The first-order valence-electron chi connectivity index (χ1n) is 4.75. The average molecular weight is 229 g/mol. The van der Waals surface area contributed by atoms with Crippen LogP contribution in [-0.4, -0.2) is 15.5 Å². The normalized spacial score (nSPS) is 20.3. The van der Waals surface area contributed by atoms with Crippen molar-refractivity contribution in [2.45, 2.75) is 18.1 Å². The van der Waals surface area contributed by atoms with E-state index >= 15 is 0 Å². The second-order valence-corrected chi connectivity index (χ2v) is 5.69. The Morgan fingerprint density at radius 1 is 1.47 bits per heavy atom. The second-order valence-electron chi connectivity index (χ2n) is 3.62. The maximum atomic E-state index is 12.9. The molecule has 1 aromatic carbocycles. The van der Waals surface area contributed by atoms with E-state index < -0.39 is 15.3 Å². The van der Waals surface area contributed by atoms with Crippen molar-refractivity contribution in [1.82, 2.24) is 4.72 Å². The molecule has 0 spiro atoms. The van der Waals surface area contributed by atoms with Crippen molar-refractivity contribution in [2.75, 3.05) is 7.05 Å². The van der Waals surface area contributed by atoms with Crippen LogP contribution in [0.2, 0.25) is 0 Å². The standard InChI is InChI=1S/C10H12FNO2S/c1-12-15(13,14)10-5-2-7-6-8(11)3-4-9(7)10/h3-4,6,10,12H,2,5H2,1H3.